The quantitative estimate of drug-likeness (QED) is 0.0975. The van der Waals surface area contributed by atoms with E-state index in [9.17, 15) is 19.2 Å². The number of nitrogens with zero attached hydrogens (tertiary/aromatic N) is 2. The van der Waals surface area contributed by atoms with Gasteiger partial charge in [-0.2, -0.15) is 0 Å². The normalized spacial score (nSPS) is 15.6. The van der Waals surface area contributed by atoms with E-state index in [-0.39, 0.29) is 30.0 Å². The average Bonchev–Trinajstić information content (AvgIpc) is 3.75. The summed E-state index contributed by atoms with van der Waals surface area (Å²) in [4.78, 5) is 55.0. The summed E-state index contributed by atoms with van der Waals surface area (Å²) in [6.45, 7) is 3.55. The summed E-state index contributed by atoms with van der Waals surface area (Å²) in [6.07, 6.45) is 9.11. The van der Waals surface area contributed by atoms with Gasteiger partial charge in [-0.3, -0.25) is 14.4 Å². The van der Waals surface area contributed by atoms with E-state index < -0.39 is 11.5 Å². The van der Waals surface area contributed by atoms with Crippen molar-refractivity contribution in [2.45, 2.75) is 75.8 Å². The number of carbonyl (C=O) groups excluding carboxylic acids is 4. The molecule has 0 radical (unpaired) electrons. The lowest BCUT2D eigenvalue weighted by atomic mass is 9.81. The summed E-state index contributed by atoms with van der Waals surface area (Å²) in [5, 5.41) is 7.03. The Kier molecular flexibility index (Phi) is 10.6. The van der Waals surface area contributed by atoms with Crippen molar-refractivity contribution in [3.8, 4) is 22.8 Å². The predicted octanol–water partition coefficient (Wildman–Crippen LogP) is 7.23. The molecule has 10 nitrogen and oxygen atoms in total. The van der Waals surface area contributed by atoms with Gasteiger partial charge in [0.25, 0.3) is 5.91 Å². The van der Waals surface area contributed by atoms with Crippen LogP contribution in [0.3, 0.4) is 0 Å². The van der Waals surface area contributed by atoms with Crippen LogP contribution in [-0.2, 0) is 20.9 Å². The first kappa shape index (κ1) is 35.4. The summed E-state index contributed by atoms with van der Waals surface area (Å²) in [5.74, 6) is -0.213. The first-order chi connectivity index (χ1) is 24.6. The van der Waals surface area contributed by atoms with Crippen molar-refractivity contribution < 1.29 is 28.7 Å². The molecule has 0 atom stereocenters. The zero-order valence-corrected chi connectivity index (χ0v) is 29.6. The highest BCUT2D eigenvalue weighted by atomic mass is 16.5. The van der Waals surface area contributed by atoms with Gasteiger partial charge in [-0.15, -0.1) is 0 Å². The summed E-state index contributed by atoms with van der Waals surface area (Å²) >= 11 is 0. The second-order valence-electron chi connectivity index (χ2n) is 13.8. The molecule has 10 heteroatoms. The molecule has 1 heterocycles. The first-order valence-corrected chi connectivity index (χ1v) is 17.7. The molecule has 2 aliphatic carbocycles. The Balaban J connectivity index is 1.40. The lowest BCUT2D eigenvalue weighted by Gasteiger charge is -2.29. The number of hydrogen-bond acceptors (Lipinski definition) is 6. The maximum atomic E-state index is 14.2. The summed E-state index contributed by atoms with van der Waals surface area (Å²) in [7, 11) is 5.13. The van der Waals surface area contributed by atoms with E-state index in [2.05, 4.69) is 21.8 Å². The van der Waals surface area contributed by atoms with E-state index in [0.29, 0.717) is 30.0 Å². The van der Waals surface area contributed by atoms with Gasteiger partial charge in [0, 0.05) is 31.1 Å². The fraction of sp³-hybridized carbons (Fsp3) is 0.366. The zero-order chi connectivity index (χ0) is 36.1. The molecule has 2 aliphatic rings. The highest BCUT2D eigenvalue weighted by molar-refractivity contribution is 6.06. The van der Waals surface area contributed by atoms with Gasteiger partial charge in [0.1, 0.15) is 17.8 Å². The van der Waals surface area contributed by atoms with Gasteiger partial charge in [0.15, 0.2) is 5.75 Å². The number of benzene rings is 3. The molecule has 2 fully saturated rings. The minimum absolute atomic E-state index is 0.0626. The number of anilines is 1. The third kappa shape index (κ3) is 7.41. The van der Waals surface area contributed by atoms with Gasteiger partial charge in [-0.05, 0) is 91.3 Å². The monoisotopic (exact) mass is 690 g/mol. The van der Waals surface area contributed by atoms with Crippen molar-refractivity contribution in [1.29, 1.82) is 0 Å². The molecular formula is C41H46N4O6. The molecule has 0 saturated heterocycles. The minimum atomic E-state index is -1.16. The number of aromatic nitrogens is 1. The van der Waals surface area contributed by atoms with Gasteiger partial charge in [-0.25, -0.2) is 4.79 Å². The topological polar surface area (TPSA) is 119 Å². The number of esters is 1. The molecule has 2 N–H and O–H groups in total. The van der Waals surface area contributed by atoms with Crippen LogP contribution < -0.4 is 20.1 Å². The highest BCUT2D eigenvalue weighted by Gasteiger charge is 2.43. The minimum Gasteiger partial charge on any atom is -0.497 e. The molecular weight excluding hydrogens is 644 g/mol. The number of likely N-dealkylation sites (N-methyl/N-ethyl adjacent to an activating group) is 1. The fourth-order valence-electron chi connectivity index (χ4n) is 7.55. The van der Waals surface area contributed by atoms with Crippen molar-refractivity contribution in [1.82, 2.24) is 14.8 Å². The highest BCUT2D eigenvalue weighted by Crippen LogP contribution is 2.45. The largest absolute Gasteiger partial charge is 0.497 e. The molecule has 51 heavy (non-hydrogen) atoms. The van der Waals surface area contributed by atoms with Gasteiger partial charge < -0.3 is 29.6 Å². The van der Waals surface area contributed by atoms with Gasteiger partial charge in [-0.1, -0.05) is 56.9 Å². The van der Waals surface area contributed by atoms with Crippen LogP contribution in [0.2, 0.25) is 0 Å². The molecule has 0 spiro atoms. The second kappa shape index (κ2) is 15.2. The Morgan fingerprint density at radius 2 is 1.65 bits per heavy atom. The van der Waals surface area contributed by atoms with E-state index >= 15 is 0 Å². The summed E-state index contributed by atoms with van der Waals surface area (Å²) < 4.78 is 12.8. The number of carbonyl (C=O) groups is 4. The van der Waals surface area contributed by atoms with Crippen LogP contribution in [-0.4, -0.2) is 59.9 Å². The molecule has 4 aromatic rings. The number of hydrogen-bond donors (Lipinski definition) is 2. The number of amides is 3. The SMILES string of the molecule is C=CC(=O)Oc1ccccc1NC(=O)C1(NC(=O)c2ccc3c(C4CCCCC4)c(-c4ccc(OC)cc4)n(CC(=O)N(C)C)c3c2)CCCC1. The Hall–Kier alpha value is -5.38. The molecule has 1 aromatic heterocycles. The number of fused-ring (bicyclic) bond motifs is 1. The molecule has 266 valence electrons. The van der Waals surface area contributed by atoms with E-state index in [0.717, 1.165) is 72.5 Å². The maximum absolute atomic E-state index is 14.2. The molecule has 2 saturated carbocycles. The summed E-state index contributed by atoms with van der Waals surface area (Å²) in [6, 6.07) is 20.3. The van der Waals surface area contributed by atoms with Crippen molar-refractivity contribution in [3.63, 3.8) is 0 Å². The van der Waals surface area contributed by atoms with Crippen LogP contribution in [0.5, 0.6) is 11.5 Å². The number of nitrogens with one attached hydrogen (secondary N) is 2. The van der Waals surface area contributed by atoms with Crippen molar-refractivity contribution in [2.75, 3.05) is 26.5 Å². The van der Waals surface area contributed by atoms with E-state index in [1.165, 1.54) is 12.0 Å². The van der Waals surface area contributed by atoms with E-state index in [1.807, 2.05) is 42.5 Å². The second-order valence-corrected chi connectivity index (χ2v) is 13.8. The standard InChI is InChI=1S/C41H46N4O6/c1-5-36(47)51-34-16-10-9-15-32(34)42-40(49)41(23-11-12-24-41)43-39(48)29-19-22-31-33(25-29)45(26-35(46)44(2)3)38(28-17-20-30(50-4)21-18-28)37(31)27-13-7-6-8-14-27/h5,9-10,15-22,25,27H,1,6-8,11-14,23-24,26H2,2-4H3,(H,42,49)(H,43,48). The molecule has 6 rings (SSSR count). The van der Waals surface area contributed by atoms with Gasteiger partial charge in [0.2, 0.25) is 11.8 Å². The smallest absolute Gasteiger partial charge is 0.335 e. The Bertz CT molecular complexity index is 1950. The van der Waals surface area contributed by atoms with Crippen LogP contribution in [0.25, 0.3) is 22.2 Å². The molecule has 3 amide bonds. The number of ether oxygens (including phenoxy) is 2. The third-order valence-electron chi connectivity index (χ3n) is 10.3. The molecule has 0 unspecified atom stereocenters. The predicted molar refractivity (Wildman–Crippen MR) is 198 cm³/mol. The van der Waals surface area contributed by atoms with Crippen LogP contribution in [0.4, 0.5) is 5.69 Å². The third-order valence-corrected chi connectivity index (χ3v) is 10.3. The Morgan fingerprint density at radius 3 is 2.31 bits per heavy atom. The van der Waals surface area contributed by atoms with Crippen molar-refractivity contribution >= 4 is 40.3 Å². The van der Waals surface area contributed by atoms with Crippen molar-refractivity contribution in [2.24, 2.45) is 0 Å². The Labute approximate surface area is 298 Å². The number of rotatable bonds is 11. The Morgan fingerprint density at radius 1 is 0.941 bits per heavy atom. The van der Waals surface area contributed by atoms with Gasteiger partial charge in [0.05, 0.1) is 24.0 Å². The average molecular weight is 691 g/mol. The molecule has 0 aliphatic heterocycles. The number of para-hydroxylation sites is 2. The lowest BCUT2D eigenvalue weighted by molar-refractivity contribution is -0.129. The van der Waals surface area contributed by atoms with Crippen molar-refractivity contribution in [3.05, 3.63) is 90.5 Å². The lowest BCUT2D eigenvalue weighted by Crippen LogP contribution is -2.55. The van der Waals surface area contributed by atoms with Crippen LogP contribution in [0.1, 0.15) is 79.6 Å². The van der Waals surface area contributed by atoms with Gasteiger partial charge >= 0.3 is 5.97 Å². The fourth-order valence-corrected chi connectivity index (χ4v) is 7.55. The van der Waals surface area contributed by atoms with E-state index in [4.69, 9.17) is 9.47 Å². The van der Waals surface area contributed by atoms with E-state index in [1.54, 1.807) is 50.4 Å². The van der Waals surface area contributed by atoms with Crippen LogP contribution in [0.15, 0.2) is 79.4 Å². The first-order valence-electron chi connectivity index (χ1n) is 17.7. The zero-order valence-electron chi connectivity index (χ0n) is 29.6. The van der Waals surface area contributed by atoms with Crippen LogP contribution >= 0.6 is 0 Å². The van der Waals surface area contributed by atoms with Crippen LogP contribution in [0, 0.1) is 0 Å². The maximum Gasteiger partial charge on any atom is 0.335 e. The summed E-state index contributed by atoms with van der Waals surface area (Å²) in [5.41, 5.74) is 3.52. The number of methoxy groups -OCH3 is 1. The molecule has 3 aromatic carbocycles. The molecule has 0 bridgehead atoms.